The summed E-state index contributed by atoms with van der Waals surface area (Å²) in [6.07, 6.45) is 0.510. The zero-order chi connectivity index (χ0) is 26.9. The Hall–Kier alpha value is -3.17. The number of nitrogens with zero attached hydrogens (tertiary/aromatic N) is 2. The molecule has 0 radical (unpaired) electrons. The minimum atomic E-state index is -1.01. The lowest BCUT2D eigenvalue weighted by Gasteiger charge is -2.33. The summed E-state index contributed by atoms with van der Waals surface area (Å²) in [7, 11) is 4.73. The highest BCUT2D eigenvalue weighted by Crippen LogP contribution is 2.23. The molecule has 0 saturated carbocycles. The Bertz CT molecular complexity index is 894. The van der Waals surface area contributed by atoms with Crippen LogP contribution < -0.4 is 15.4 Å². The van der Waals surface area contributed by atoms with Gasteiger partial charge in [-0.2, -0.15) is 0 Å². The first kappa shape index (κ1) is 29.9. The van der Waals surface area contributed by atoms with Gasteiger partial charge in [0.05, 0.1) is 7.11 Å². The summed E-state index contributed by atoms with van der Waals surface area (Å²) in [5, 5.41) is 16.6. The van der Waals surface area contributed by atoms with Crippen LogP contribution in [0.2, 0.25) is 0 Å². The van der Waals surface area contributed by atoms with Crippen molar-refractivity contribution >= 4 is 17.7 Å². The summed E-state index contributed by atoms with van der Waals surface area (Å²) in [5.41, 5.74) is 0.0298. The van der Waals surface area contributed by atoms with E-state index in [0.717, 1.165) is 5.56 Å². The molecule has 10 heteroatoms. The zero-order valence-electron chi connectivity index (χ0n) is 22.1. The van der Waals surface area contributed by atoms with Crippen LogP contribution in [-0.4, -0.2) is 67.4 Å². The molecule has 0 heterocycles. The lowest BCUT2D eigenvalue weighted by atomic mass is 9.85. The van der Waals surface area contributed by atoms with E-state index < -0.39 is 46.7 Å². The van der Waals surface area contributed by atoms with E-state index in [0.29, 0.717) is 12.2 Å². The first-order valence-electron chi connectivity index (χ1n) is 11.7. The van der Waals surface area contributed by atoms with E-state index in [1.165, 1.54) is 12.0 Å². The predicted molar refractivity (Wildman–Crippen MR) is 134 cm³/mol. The third-order valence-corrected chi connectivity index (χ3v) is 5.58. The average molecular weight is 493 g/mol. The molecule has 0 bridgehead atoms. The van der Waals surface area contributed by atoms with Crippen LogP contribution in [0.4, 0.5) is 0 Å². The number of rotatable bonds is 12. The molecule has 0 saturated heterocycles. The number of hydrogen-bond donors (Lipinski definition) is 2. The molecule has 0 aromatic heterocycles. The first-order valence-corrected chi connectivity index (χ1v) is 11.7. The van der Waals surface area contributed by atoms with Crippen LogP contribution in [0.15, 0.2) is 24.3 Å². The number of carbonyl (C=O) groups excluding carboxylic acids is 3. The van der Waals surface area contributed by atoms with E-state index in [-0.39, 0.29) is 18.2 Å². The second-order valence-corrected chi connectivity index (χ2v) is 10.5. The number of benzene rings is 1. The van der Waals surface area contributed by atoms with Crippen molar-refractivity contribution in [2.24, 2.45) is 17.3 Å². The monoisotopic (exact) mass is 492 g/mol. The van der Waals surface area contributed by atoms with E-state index in [2.05, 4.69) is 10.6 Å². The number of para-hydroxylation sites is 1. The van der Waals surface area contributed by atoms with Gasteiger partial charge in [0, 0.05) is 25.4 Å². The van der Waals surface area contributed by atoms with Crippen molar-refractivity contribution in [2.75, 3.05) is 27.7 Å². The number of ether oxygens (including phenoxy) is 1. The maximum absolute atomic E-state index is 13.4. The first-order chi connectivity index (χ1) is 16.2. The molecule has 0 spiro atoms. The largest absolute Gasteiger partial charge is 0.496 e. The topological polar surface area (TPSA) is 131 Å². The Kier molecular flexibility index (Phi) is 11.1. The molecular formula is C25H40N4O6. The highest BCUT2D eigenvalue weighted by molar-refractivity contribution is 5.93. The fourth-order valence-corrected chi connectivity index (χ4v) is 3.81. The third kappa shape index (κ3) is 9.54. The van der Waals surface area contributed by atoms with E-state index in [4.69, 9.17) is 4.74 Å². The number of methoxy groups -OCH3 is 1. The Morgan fingerprint density at radius 2 is 1.69 bits per heavy atom. The fourth-order valence-electron chi connectivity index (χ4n) is 3.81. The Labute approximate surface area is 207 Å². The minimum Gasteiger partial charge on any atom is -0.496 e. The van der Waals surface area contributed by atoms with Crippen LogP contribution in [-0.2, 0) is 20.8 Å². The number of hydrogen-bond acceptors (Lipinski definition) is 6. The molecule has 0 aliphatic rings. The van der Waals surface area contributed by atoms with Gasteiger partial charge in [0.1, 0.15) is 23.8 Å². The zero-order valence-corrected chi connectivity index (χ0v) is 22.1. The van der Waals surface area contributed by atoms with Gasteiger partial charge in [0.2, 0.25) is 24.3 Å². The molecule has 2 N–H and O–H groups in total. The number of nitrogens with one attached hydrogen (secondary N) is 2. The van der Waals surface area contributed by atoms with Crippen LogP contribution in [0, 0.1) is 27.4 Å². The van der Waals surface area contributed by atoms with Crippen LogP contribution >= 0.6 is 0 Å². The summed E-state index contributed by atoms with van der Waals surface area (Å²) in [4.78, 5) is 51.3. The molecule has 1 aromatic carbocycles. The van der Waals surface area contributed by atoms with Crippen molar-refractivity contribution in [3.05, 3.63) is 39.9 Å². The highest BCUT2D eigenvalue weighted by Gasteiger charge is 2.37. The van der Waals surface area contributed by atoms with Crippen LogP contribution in [0.1, 0.15) is 46.6 Å². The molecular weight excluding hydrogens is 452 g/mol. The molecule has 1 aromatic rings. The summed E-state index contributed by atoms with van der Waals surface area (Å²) in [6.45, 7) is 8.59. The van der Waals surface area contributed by atoms with Crippen molar-refractivity contribution in [3.63, 3.8) is 0 Å². The van der Waals surface area contributed by atoms with Crippen LogP contribution in [0.3, 0.4) is 0 Å². The Balaban J connectivity index is 3.20. The fraction of sp³-hybridized carbons (Fsp3) is 0.640. The van der Waals surface area contributed by atoms with E-state index in [1.54, 1.807) is 40.9 Å². The molecule has 1 rings (SSSR count). The van der Waals surface area contributed by atoms with Gasteiger partial charge >= 0.3 is 0 Å². The third-order valence-electron chi connectivity index (χ3n) is 5.58. The van der Waals surface area contributed by atoms with Gasteiger partial charge in [-0.1, -0.05) is 52.8 Å². The molecule has 0 aliphatic carbocycles. The molecule has 0 fully saturated rings. The summed E-state index contributed by atoms with van der Waals surface area (Å²) in [5.74, 6) is -1.61. The Morgan fingerprint density at radius 1 is 1.09 bits per heavy atom. The van der Waals surface area contributed by atoms with Gasteiger partial charge in [-0.05, 0) is 29.4 Å². The normalized spacial score (nSPS) is 14.0. The van der Waals surface area contributed by atoms with Crippen molar-refractivity contribution in [1.29, 1.82) is 0 Å². The quantitative estimate of drug-likeness (QED) is 0.340. The second-order valence-electron chi connectivity index (χ2n) is 10.5. The number of nitro groups is 1. The molecule has 3 amide bonds. The predicted octanol–water partition coefficient (Wildman–Crippen LogP) is 2.28. The van der Waals surface area contributed by atoms with Gasteiger partial charge in [0.15, 0.2) is 0 Å². The van der Waals surface area contributed by atoms with Crippen molar-refractivity contribution < 1.29 is 24.0 Å². The van der Waals surface area contributed by atoms with Crippen molar-refractivity contribution in [3.8, 4) is 5.75 Å². The lowest BCUT2D eigenvalue weighted by Crippen LogP contribution is -2.59. The lowest BCUT2D eigenvalue weighted by molar-refractivity contribution is -0.486. The van der Waals surface area contributed by atoms with Gasteiger partial charge in [-0.3, -0.25) is 24.5 Å². The summed E-state index contributed by atoms with van der Waals surface area (Å²) >= 11 is 0. The molecule has 196 valence electrons. The Morgan fingerprint density at radius 3 is 2.17 bits per heavy atom. The van der Waals surface area contributed by atoms with E-state index in [9.17, 15) is 24.5 Å². The summed E-state index contributed by atoms with van der Waals surface area (Å²) < 4.78 is 5.39. The molecule has 35 heavy (non-hydrogen) atoms. The maximum atomic E-state index is 13.4. The minimum absolute atomic E-state index is 0.0653. The van der Waals surface area contributed by atoms with Gasteiger partial charge in [-0.25, -0.2) is 0 Å². The van der Waals surface area contributed by atoms with Gasteiger partial charge < -0.3 is 20.3 Å². The van der Waals surface area contributed by atoms with Crippen molar-refractivity contribution in [2.45, 2.75) is 59.5 Å². The molecule has 0 unspecified atom stereocenters. The van der Waals surface area contributed by atoms with Gasteiger partial charge in [0.25, 0.3) is 0 Å². The van der Waals surface area contributed by atoms with Gasteiger partial charge in [-0.15, -0.1) is 0 Å². The second kappa shape index (κ2) is 13.1. The van der Waals surface area contributed by atoms with Crippen molar-refractivity contribution in [1.82, 2.24) is 15.5 Å². The standard InChI is InChI=1S/C25H40N4O6/c1-16(2)13-18(15-29(33)34)22(30)27-21(25(3,4)5)23(31)26-19(24(32)28(6)7)14-17-11-9-10-12-20(17)35-8/h9-12,16,18-19,21H,13-15H2,1-8H3,(H,26,31)(H,27,30)/t18-,19+,21-/m1/s1. The smallest absolute Gasteiger partial charge is 0.244 e. The van der Waals surface area contributed by atoms with Crippen LogP contribution in [0.25, 0.3) is 0 Å². The van der Waals surface area contributed by atoms with Crippen LogP contribution in [0.5, 0.6) is 5.75 Å². The van der Waals surface area contributed by atoms with E-state index in [1.807, 2.05) is 32.0 Å². The highest BCUT2D eigenvalue weighted by atomic mass is 16.6. The summed E-state index contributed by atoms with van der Waals surface area (Å²) in [6, 6.07) is 5.31. The van der Waals surface area contributed by atoms with E-state index >= 15 is 0 Å². The molecule has 0 aliphatic heterocycles. The number of carbonyl (C=O) groups is 3. The molecule has 10 nitrogen and oxygen atoms in total. The number of amides is 3. The SMILES string of the molecule is COc1ccccc1C[C@H](NC(=O)[C@@H](NC(=O)[C@H](CC(C)C)C[N+](=O)[O-])C(C)(C)C)C(=O)N(C)C. The molecule has 3 atom stereocenters. The average Bonchev–Trinajstić information content (AvgIpc) is 2.74. The number of likely N-dealkylation sites (N-methyl/N-ethyl adjacent to an activating group) is 1. The maximum Gasteiger partial charge on any atom is 0.244 e.